The fourth-order valence-electron chi connectivity index (χ4n) is 12.7. The van der Waals surface area contributed by atoms with Crippen LogP contribution in [0.2, 0.25) is 0 Å². The van der Waals surface area contributed by atoms with Crippen LogP contribution in [-0.2, 0) is 56.2 Å². The summed E-state index contributed by atoms with van der Waals surface area (Å²) in [5, 5.41) is 69.0. The van der Waals surface area contributed by atoms with Gasteiger partial charge in [-0.1, -0.05) is 51.1 Å². The number of pyridine rings is 1. The summed E-state index contributed by atoms with van der Waals surface area (Å²) in [6.07, 6.45) is -3.75. The number of benzene rings is 1. The number of ether oxygens (including phenoxy) is 6. The zero-order valence-corrected chi connectivity index (χ0v) is 50.1. The van der Waals surface area contributed by atoms with E-state index in [4.69, 9.17) is 28.4 Å². The van der Waals surface area contributed by atoms with Gasteiger partial charge in [0.05, 0.1) is 52.1 Å². The van der Waals surface area contributed by atoms with Crippen LogP contribution in [0.15, 0.2) is 59.9 Å². The molecule has 3 aliphatic rings. The molecule has 20 atom stereocenters. The smallest absolute Gasteiger partial charge is 0.309 e. The number of nitrogens with one attached hydrogen (secondary N) is 1. The first kappa shape index (κ1) is 65.5. The summed E-state index contributed by atoms with van der Waals surface area (Å²) < 4.78 is 83.1. The molecule has 0 aliphatic carbocycles. The van der Waals surface area contributed by atoms with Crippen molar-refractivity contribution in [1.82, 2.24) is 34.5 Å². The zero-order chi connectivity index (χ0) is 59.2. The van der Waals surface area contributed by atoms with Crippen molar-refractivity contribution in [2.45, 2.75) is 209 Å². The predicted molar refractivity (Wildman–Crippen MR) is 295 cm³/mol. The molecule has 21 nitrogen and oxygen atoms in total. The topological polar surface area (TPSA) is 270 Å². The number of hydrogen-bond acceptors (Lipinski definition) is 19. The van der Waals surface area contributed by atoms with Crippen molar-refractivity contribution in [3.8, 4) is 0 Å². The minimum Gasteiger partial charge on any atom is -0.459 e. The number of nitrogens with zero attached hydrogens (tertiary/aromatic N) is 6. The summed E-state index contributed by atoms with van der Waals surface area (Å²) in [6.45, 7) is 17.6. The van der Waals surface area contributed by atoms with Crippen molar-refractivity contribution in [2.75, 3.05) is 48.1 Å². The Labute approximate surface area is 472 Å². The first-order chi connectivity index (χ1) is 37.5. The number of carbonyl (C=O) groups excluding carboxylic acids is 1. The van der Waals surface area contributed by atoms with Gasteiger partial charge in [-0.25, -0.2) is 22.2 Å². The molecule has 80 heavy (non-hydrogen) atoms. The fourth-order valence-corrected chi connectivity index (χ4v) is 13.7. The second kappa shape index (κ2) is 27.4. The maximum Gasteiger partial charge on any atom is 0.309 e. The van der Waals surface area contributed by atoms with Gasteiger partial charge in [0.15, 0.2) is 6.29 Å². The summed E-state index contributed by atoms with van der Waals surface area (Å²) in [5.41, 5.74) is -2.82. The second-order valence-electron chi connectivity index (χ2n) is 23.8. The Morgan fingerprint density at radius 1 is 0.988 bits per heavy atom. The van der Waals surface area contributed by atoms with E-state index in [9.17, 15) is 38.7 Å². The maximum atomic E-state index is 15.0. The number of carbonyl (C=O) groups is 1. The van der Waals surface area contributed by atoms with E-state index in [1.165, 1.54) is 38.0 Å². The van der Waals surface area contributed by atoms with Crippen molar-refractivity contribution >= 4 is 16.0 Å². The standard InChI is InChI=1S/C57H92FN7O14S/c1-15-46-57(10,71)50(67)37(6)64(12)31-33(2)26-55(8,70)52(35(4)47(36(5)53(69)78-46)45-27-56(9,75-14)51(68)38(7)77-45)79-54-48(66)43(25-34(3)76-54)63(11)24-22-41-32-65(62-61-41)44(28-58)49(74-13)40-18-20-42(21-19-40)80(72,73)60-30-39-17-16-23-59-29-39/h16-21,23,29,32-38,43-52,54,60,66-68,70-71H,15,22,24-28,30-31H2,1-14H3/t33-,34-,35+,36-,37-,38+,43+,44-,45-,46-,47?,48-,49-,50-,51+,52-,54+,55-,56-,57-/m1/s1. The molecular formula is C57H92FN7O14S. The van der Waals surface area contributed by atoms with Crippen molar-refractivity contribution in [1.29, 1.82) is 0 Å². The molecule has 0 amide bonds. The SMILES string of the molecule is CC[C@H]1OC(=O)[C@H](C)C([C@H]2C[C@@](C)(OC)[C@@H](O)[C@H](C)O2)[C@H](C)[C@@H](O[C@@H]2O[C@H](C)C[C@H](N(C)CCc3cn([C@H](CF)[C@H](OC)c4ccc(S(=O)(=O)NCc5cccnc5)cc4)nn3)[C@H]2O)[C@](C)(O)C[C@@H](C)CN(C)[C@H](C)[C@@H](O)[C@]1(C)O. The van der Waals surface area contributed by atoms with Gasteiger partial charge in [-0.2, -0.15) is 0 Å². The number of halogens is 1. The monoisotopic (exact) mass is 1150 g/mol. The van der Waals surface area contributed by atoms with Crippen LogP contribution in [0.5, 0.6) is 0 Å². The van der Waals surface area contributed by atoms with Gasteiger partial charge >= 0.3 is 5.97 Å². The molecule has 3 aliphatic heterocycles. The van der Waals surface area contributed by atoms with E-state index in [2.05, 4.69) is 20.0 Å². The lowest BCUT2D eigenvalue weighted by atomic mass is 9.68. The number of aliphatic hydroxyl groups is 5. The average molecular weight is 1150 g/mol. The number of esters is 1. The molecule has 2 aromatic heterocycles. The molecular weight excluding hydrogens is 1060 g/mol. The minimum atomic E-state index is -3.87. The van der Waals surface area contributed by atoms with Crippen LogP contribution in [-0.4, -0.2) is 202 Å². The van der Waals surface area contributed by atoms with E-state index in [1.807, 2.05) is 44.7 Å². The molecule has 3 fully saturated rings. The average Bonchev–Trinajstić information content (AvgIpc) is 3.95. The fraction of sp³-hybridized carbons (Fsp3) is 0.754. The Morgan fingerprint density at radius 3 is 2.29 bits per heavy atom. The third kappa shape index (κ3) is 15.0. The van der Waals surface area contributed by atoms with Gasteiger partial charge in [-0.15, -0.1) is 5.10 Å². The van der Waals surface area contributed by atoms with Gasteiger partial charge in [0, 0.05) is 83.3 Å². The van der Waals surface area contributed by atoms with Crippen LogP contribution in [0.1, 0.15) is 124 Å². The number of likely N-dealkylation sites (N-methyl/N-ethyl adjacent to an activating group) is 2. The largest absolute Gasteiger partial charge is 0.459 e. The van der Waals surface area contributed by atoms with E-state index in [0.29, 0.717) is 42.8 Å². The lowest BCUT2D eigenvalue weighted by molar-refractivity contribution is -0.302. The maximum absolute atomic E-state index is 15.0. The molecule has 452 valence electrons. The predicted octanol–water partition coefficient (Wildman–Crippen LogP) is 4.15. The van der Waals surface area contributed by atoms with E-state index >= 15 is 4.39 Å². The second-order valence-corrected chi connectivity index (χ2v) is 25.6. The highest BCUT2D eigenvalue weighted by atomic mass is 32.2. The Hall–Kier alpha value is -3.66. The van der Waals surface area contributed by atoms with Crippen LogP contribution in [0.25, 0.3) is 0 Å². The molecule has 3 aromatic rings. The number of methoxy groups -OCH3 is 2. The Morgan fingerprint density at radius 2 is 1.68 bits per heavy atom. The summed E-state index contributed by atoms with van der Waals surface area (Å²) in [4.78, 5) is 22.6. The van der Waals surface area contributed by atoms with E-state index in [1.54, 1.807) is 84.4 Å². The first-order valence-corrected chi connectivity index (χ1v) is 29.6. The highest BCUT2D eigenvalue weighted by molar-refractivity contribution is 7.89. The van der Waals surface area contributed by atoms with Gasteiger partial charge in [-0.05, 0) is 116 Å². The summed E-state index contributed by atoms with van der Waals surface area (Å²) in [5.74, 6) is -3.37. The number of aromatic nitrogens is 4. The van der Waals surface area contributed by atoms with Crippen LogP contribution < -0.4 is 4.72 Å². The minimum absolute atomic E-state index is 0.0288. The van der Waals surface area contributed by atoms with E-state index in [0.717, 1.165) is 0 Å². The third-order valence-electron chi connectivity index (χ3n) is 17.5. The van der Waals surface area contributed by atoms with E-state index in [-0.39, 0.29) is 36.6 Å². The van der Waals surface area contributed by atoms with Crippen LogP contribution >= 0.6 is 0 Å². The molecule has 23 heteroatoms. The molecule has 0 radical (unpaired) electrons. The molecule has 6 N–H and O–H groups in total. The molecule has 1 unspecified atom stereocenters. The quantitative estimate of drug-likeness (QED) is 0.0977. The molecule has 0 saturated carbocycles. The highest BCUT2D eigenvalue weighted by Crippen LogP contribution is 2.45. The molecule has 0 spiro atoms. The Balaban J connectivity index is 1.23. The first-order valence-electron chi connectivity index (χ1n) is 28.1. The molecule has 0 bridgehead atoms. The van der Waals surface area contributed by atoms with E-state index < -0.39 is 137 Å². The lowest BCUT2D eigenvalue weighted by Gasteiger charge is -2.51. The summed E-state index contributed by atoms with van der Waals surface area (Å²) in [6, 6.07) is 7.46. The normalized spacial score (nSPS) is 37.4. The zero-order valence-electron chi connectivity index (χ0n) is 49.3. The number of rotatable bonds is 18. The van der Waals surface area contributed by atoms with Crippen LogP contribution in [0.3, 0.4) is 0 Å². The number of sulfonamides is 1. The van der Waals surface area contributed by atoms with Crippen molar-refractivity contribution in [3.63, 3.8) is 0 Å². The Bertz CT molecular complexity index is 2530. The van der Waals surface area contributed by atoms with Crippen molar-refractivity contribution < 1.29 is 71.6 Å². The number of cyclic esters (lactones) is 1. The van der Waals surface area contributed by atoms with Gasteiger partial charge in [0.2, 0.25) is 10.0 Å². The summed E-state index contributed by atoms with van der Waals surface area (Å²) in [7, 11) is 2.77. The molecule has 5 heterocycles. The number of alkyl halides is 1. The number of hydrogen-bond donors (Lipinski definition) is 6. The van der Waals surface area contributed by atoms with Gasteiger partial charge < -0.3 is 63.8 Å². The van der Waals surface area contributed by atoms with Crippen LogP contribution in [0.4, 0.5) is 4.39 Å². The molecule has 1 aromatic carbocycles. The van der Waals surface area contributed by atoms with Gasteiger partial charge in [0.1, 0.15) is 48.8 Å². The van der Waals surface area contributed by atoms with Crippen molar-refractivity contribution in [2.24, 2.45) is 23.7 Å². The molecule has 6 rings (SSSR count). The third-order valence-corrected chi connectivity index (χ3v) is 19.0. The summed E-state index contributed by atoms with van der Waals surface area (Å²) >= 11 is 0. The highest BCUT2D eigenvalue weighted by Gasteiger charge is 2.55. The Kier molecular flexibility index (Phi) is 22.4. The van der Waals surface area contributed by atoms with Crippen molar-refractivity contribution in [3.05, 3.63) is 71.8 Å². The lowest BCUT2D eigenvalue weighted by Crippen LogP contribution is -2.62. The van der Waals surface area contributed by atoms with Gasteiger partial charge in [-0.3, -0.25) is 9.78 Å². The number of aliphatic hydroxyl groups excluding tert-OH is 3. The molecule has 3 saturated heterocycles. The van der Waals surface area contributed by atoms with Gasteiger partial charge in [0.25, 0.3) is 0 Å². The van der Waals surface area contributed by atoms with Crippen LogP contribution in [0, 0.1) is 23.7 Å².